The zero-order valence-electron chi connectivity index (χ0n) is 22.3. The van der Waals surface area contributed by atoms with Crippen molar-refractivity contribution in [2.75, 3.05) is 27.0 Å². The van der Waals surface area contributed by atoms with Crippen LogP contribution in [0, 0.1) is 5.41 Å². The van der Waals surface area contributed by atoms with E-state index in [9.17, 15) is 29.1 Å². The van der Waals surface area contributed by atoms with Crippen LogP contribution in [-0.2, 0) is 42.9 Å². The third-order valence-corrected chi connectivity index (χ3v) is 9.90. The number of rotatable bonds is 5. The minimum atomic E-state index is -2.01. The molecule has 1 aliphatic carbocycles. The fourth-order valence-corrected chi connectivity index (χ4v) is 7.56. The summed E-state index contributed by atoms with van der Waals surface area (Å²) in [7, 11) is 2.57. The number of hydrogen-bond acceptors (Lipinski definition) is 11. The fourth-order valence-electron chi connectivity index (χ4n) is 6.47. The highest BCUT2D eigenvalue weighted by Gasteiger charge is 2.82. The summed E-state index contributed by atoms with van der Waals surface area (Å²) in [6, 6.07) is -1.15. The molecule has 4 aliphatic rings. The van der Waals surface area contributed by atoms with Crippen LogP contribution in [0.1, 0.15) is 47.5 Å². The minimum Gasteiger partial charge on any atom is -0.460 e. The molecule has 1 saturated carbocycles. The number of esters is 2. The SMILES string of the molecule is COC1(COC(C)=O)C(=O)N2C3CC4(OC(C)C(C)(C)C4=O)C(OC(C)=O)C3(O)CC2(SC)C(=O)N1C. The first-order valence-corrected chi connectivity index (χ1v) is 13.2. The summed E-state index contributed by atoms with van der Waals surface area (Å²) in [4.78, 5) is 66.5. The molecule has 4 fully saturated rings. The normalized spacial score (nSPS) is 42.3. The summed E-state index contributed by atoms with van der Waals surface area (Å²) < 4.78 is 22.5. The van der Waals surface area contributed by atoms with Gasteiger partial charge in [-0.2, -0.15) is 0 Å². The third-order valence-electron chi connectivity index (χ3n) is 8.71. The van der Waals surface area contributed by atoms with E-state index in [0.29, 0.717) is 0 Å². The molecule has 37 heavy (non-hydrogen) atoms. The van der Waals surface area contributed by atoms with E-state index in [1.54, 1.807) is 27.0 Å². The number of carbonyl (C=O) groups is 5. The number of likely N-dealkylation sites (N-methyl/N-ethyl adjacent to an activating group) is 1. The number of piperazine rings is 1. The van der Waals surface area contributed by atoms with Crippen molar-refractivity contribution in [2.45, 2.75) is 87.5 Å². The van der Waals surface area contributed by atoms with E-state index in [4.69, 9.17) is 18.9 Å². The van der Waals surface area contributed by atoms with Gasteiger partial charge in [0.25, 0.3) is 17.5 Å². The molecule has 12 nitrogen and oxygen atoms in total. The highest BCUT2D eigenvalue weighted by molar-refractivity contribution is 8.00. The standard InChI is InChI=1S/C24H34N2O10S/c1-12-20(4,5)16(29)22(36-12)9-15-21(32,17(22)35-14(3)28)10-24(37-8)19(31)25(6)23(33-7,11-34-13(2)27)18(30)26(15)24/h12,15,17,32H,9-11H2,1-8H3. The molecule has 13 heteroatoms. The molecule has 3 saturated heterocycles. The van der Waals surface area contributed by atoms with Gasteiger partial charge in [0.1, 0.15) is 12.2 Å². The van der Waals surface area contributed by atoms with Gasteiger partial charge < -0.3 is 33.9 Å². The Morgan fingerprint density at radius 1 is 1.16 bits per heavy atom. The Kier molecular flexibility index (Phi) is 6.30. The number of hydrogen-bond donors (Lipinski definition) is 1. The van der Waals surface area contributed by atoms with Crippen molar-refractivity contribution < 1.29 is 48.0 Å². The zero-order chi connectivity index (χ0) is 27.9. The molecule has 7 unspecified atom stereocenters. The second kappa shape index (κ2) is 8.39. The number of ketones is 1. The Balaban J connectivity index is 1.90. The minimum absolute atomic E-state index is 0.202. The summed E-state index contributed by atoms with van der Waals surface area (Å²) in [6.07, 6.45) is -0.935. The van der Waals surface area contributed by atoms with Gasteiger partial charge in [-0.05, 0) is 13.2 Å². The van der Waals surface area contributed by atoms with Crippen LogP contribution >= 0.6 is 11.8 Å². The van der Waals surface area contributed by atoms with Gasteiger partial charge in [-0.3, -0.25) is 24.0 Å². The number of carbonyl (C=O) groups excluding carboxylic acids is 5. The first kappa shape index (κ1) is 27.8. The van der Waals surface area contributed by atoms with Crippen LogP contribution in [0.25, 0.3) is 0 Å². The van der Waals surface area contributed by atoms with Crippen molar-refractivity contribution in [1.29, 1.82) is 0 Å². The van der Waals surface area contributed by atoms with Crippen LogP contribution in [0.4, 0.5) is 0 Å². The van der Waals surface area contributed by atoms with E-state index in [1.165, 1.54) is 19.1 Å². The van der Waals surface area contributed by atoms with E-state index in [1.807, 2.05) is 0 Å². The van der Waals surface area contributed by atoms with Crippen molar-refractivity contribution in [3.63, 3.8) is 0 Å². The monoisotopic (exact) mass is 542 g/mol. The smallest absolute Gasteiger partial charge is 0.303 e. The van der Waals surface area contributed by atoms with E-state index in [0.717, 1.165) is 30.5 Å². The molecule has 0 bridgehead atoms. The van der Waals surface area contributed by atoms with Crippen molar-refractivity contribution >= 4 is 41.3 Å². The zero-order valence-corrected chi connectivity index (χ0v) is 23.1. The van der Waals surface area contributed by atoms with E-state index >= 15 is 0 Å². The van der Waals surface area contributed by atoms with Crippen molar-refractivity contribution in [3.8, 4) is 0 Å². The number of amides is 2. The molecule has 0 aromatic rings. The number of methoxy groups -OCH3 is 1. The highest BCUT2D eigenvalue weighted by atomic mass is 32.2. The summed E-state index contributed by atoms with van der Waals surface area (Å²) >= 11 is 1.05. The second-order valence-corrected chi connectivity index (χ2v) is 12.0. The first-order chi connectivity index (χ1) is 17.0. The van der Waals surface area contributed by atoms with Crippen LogP contribution in [0.15, 0.2) is 0 Å². The molecule has 3 heterocycles. The number of Topliss-reactive ketones (excluding diaryl/α,β-unsaturated/α-hetero) is 1. The van der Waals surface area contributed by atoms with Crippen LogP contribution in [0.2, 0.25) is 0 Å². The van der Waals surface area contributed by atoms with Gasteiger partial charge in [0.05, 0.1) is 17.6 Å². The molecular formula is C24H34N2O10S. The molecule has 1 N–H and O–H groups in total. The molecule has 7 atom stereocenters. The van der Waals surface area contributed by atoms with Gasteiger partial charge >= 0.3 is 11.9 Å². The molecular weight excluding hydrogens is 508 g/mol. The fraction of sp³-hybridized carbons (Fsp3) is 0.792. The second-order valence-electron chi connectivity index (χ2n) is 10.9. The highest BCUT2D eigenvalue weighted by Crippen LogP contribution is 2.63. The van der Waals surface area contributed by atoms with Gasteiger partial charge in [0.15, 0.2) is 22.4 Å². The van der Waals surface area contributed by atoms with E-state index in [-0.39, 0.29) is 18.6 Å². The summed E-state index contributed by atoms with van der Waals surface area (Å²) in [5, 5.41) is 12.2. The van der Waals surface area contributed by atoms with E-state index in [2.05, 4.69) is 0 Å². The van der Waals surface area contributed by atoms with Crippen molar-refractivity contribution in [1.82, 2.24) is 9.80 Å². The van der Waals surface area contributed by atoms with Gasteiger partial charge in [0.2, 0.25) is 0 Å². The third kappa shape index (κ3) is 3.29. The summed E-state index contributed by atoms with van der Waals surface area (Å²) in [5.41, 5.74) is -6.69. The lowest BCUT2D eigenvalue weighted by Gasteiger charge is -2.53. The van der Waals surface area contributed by atoms with Crippen LogP contribution in [-0.4, -0.2) is 112 Å². The maximum Gasteiger partial charge on any atom is 0.303 e. The van der Waals surface area contributed by atoms with Gasteiger partial charge in [-0.25, -0.2) is 0 Å². The Labute approximate surface area is 219 Å². The lowest BCUT2D eigenvalue weighted by Crippen LogP contribution is -2.76. The number of aliphatic hydroxyl groups is 1. The van der Waals surface area contributed by atoms with Crippen LogP contribution < -0.4 is 0 Å². The van der Waals surface area contributed by atoms with Gasteiger partial charge in [0, 0.05) is 40.8 Å². The van der Waals surface area contributed by atoms with Crippen molar-refractivity contribution in [2.24, 2.45) is 5.41 Å². The largest absolute Gasteiger partial charge is 0.460 e. The molecule has 4 rings (SSSR count). The number of thioether (sulfide) groups is 1. The first-order valence-electron chi connectivity index (χ1n) is 12.0. The molecule has 0 aromatic heterocycles. The molecule has 0 radical (unpaired) electrons. The molecule has 3 aliphatic heterocycles. The predicted octanol–water partition coefficient (Wildman–Crippen LogP) is -0.156. The number of ether oxygens (including phenoxy) is 4. The Morgan fingerprint density at radius 2 is 1.78 bits per heavy atom. The Hall–Kier alpha value is -2.22. The van der Waals surface area contributed by atoms with Gasteiger partial charge in [-0.1, -0.05) is 13.8 Å². The van der Waals surface area contributed by atoms with Gasteiger partial charge in [-0.15, -0.1) is 11.8 Å². The Bertz CT molecular complexity index is 1080. The molecule has 0 aromatic carbocycles. The average Bonchev–Trinajstić information content (AvgIpc) is 3.28. The molecule has 1 spiro atoms. The van der Waals surface area contributed by atoms with Crippen LogP contribution in [0.5, 0.6) is 0 Å². The van der Waals surface area contributed by atoms with Crippen LogP contribution in [0.3, 0.4) is 0 Å². The quantitative estimate of drug-likeness (QED) is 0.462. The summed E-state index contributed by atoms with van der Waals surface area (Å²) in [6.45, 7) is 6.89. The topological polar surface area (TPSA) is 149 Å². The average molecular weight is 543 g/mol. The van der Waals surface area contributed by atoms with E-state index < -0.39 is 75.8 Å². The lowest BCUT2D eigenvalue weighted by atomic mass is 9.76. The maximum atomic E-state index is 14.2. The molecule has 2 amide bonds. The Morgan fingerprint density at radius 3 is 2.24 bits per heavy atom. The predicted molar refractivity (Wildman–Crippen MR) is 128 cm³/mol. The summed E-state index contributed by atoms with van der Waals surface area (Å²) in [5.74, 6) is -3.08. The number of nitrogens with zero attached hydrogens (tertiary/aromatic N) is 2. The lowest BCUT2D eigenvalue weighted by molar-refractivity contribution is -0.216. The van der Waals surface area contributed by atoms with Crippen molar-refractivity contribution in [3.05, 3.63) is 0 Å². The maximum absolute atomic E-state index is 14.2. The molecule has 206 valence electrons. The number of fused-ring (bicyclic) bond motifs is 3.